The molecule has 2 unspecified atom stereocenters. The summed E-state index contributed by atoms with van der Waals surface area (Å²) in [6.07, 6.45) is 8.26. The van der Waals surface area contributed by atoms with Crippen LogP contribution in [0.4, 0.5) is 0 Å². The zero-order chi connectivity index (χ0) is 14.4. The highest BCUT2D eigenvalue weighted by Crippen LogP contribution is 2.32. The summed E-state index contributed by atoms with van der Waals surface area (Å²) >= 11 is 6.24. The number of benzene rings is 1. The molecule has 0 aromatic heterocycles. The van der Waals surface area contributed by atoms with Gasteiger partial charge in [-0.15, -0.1) is 0 Å². The standard InChI is InChI=1S/C17H26ClNO/c18-16-10-6-5-9-14(16)15(12-19)17(20)11-13-7-3-1-2-4-8-13/h5-6,9-10,13,15,17,20H,1-4,7-8,11-12,19H2. The van der Waals surface area contributed by atoms with Gasteiger partial charge in [-0.2, -0.15) is 0 Å². The largest absolute Gasteiger partial charge is 0.392 e. The van der Waals surface area contributed by atoms with Gasteiger partial charge in [0.05, 0.1) is 6.10 Å². The molecule has 1 fully saturated rings. The Morgan fingerprint density at radius 3 is 2.40 bits per heavy atom. The molecule has 1 aromatic rings. The summed E-state index contributed by atoms with van der Waals surface area (Å²) < 4.78 is 0. The Bertz CT molecular complexity index is 402. The number of aliphatic hydroxyl groups excluding tert-OH is 1. The number of hydrogen-bond acceptors (Lipinski definition) is 2. The second-order valence-corrected chi connectivity index (χ2v) is 6.43. The fraction of sp³-hybridized carbons (Fsp3) is 0.647. The van der Waals surface area contributed by atoms with E-state index in [4.69, 9.17) is 17.3 Å². The molecule has 112 valence electrons. The van der Waals surface area contributed by atoms with Crippen LogP contribution in [0.1, 0.15) is 56.4 Å². The molecule has 0 amide bonds. The smallest absolute Gasteiger partial charge is 0.0624 e. The van der Waals surface area contributed by atoms with E-state index in [1.807, 2.05) is 24.3 Å². The molecule has 1 saturated carbocycles. The molecule has 0 radical (unpaired) electrons. The average Bonchev–Trinajstić information content (AvgIpc) is 2.70. The second-order valence-electron chi connectivity index (χ2n) is 6.02. The molecule has 0 saturated heterocycles. The Hall–Kier alpha value is -0.570. The van der Waals surface area contributed by atoms with E-state index < -0.39 is 0 Å². The minimum Gasteiger partial charge on any atom is -0.392 e. The zero-order valence-corrected chi connectivity index (χ0v) is 12.9. The van der Waals surface area contributed by atoms with Crippen LogP contribution in [0.25, 0.3) is 0 Å². The van der Waals surface area contributed by atoms with Crippen LogP contribution < -0.4 is 5.73 Å². The Morgan fingerprint density at radius 1 is 1.15 bits per heavy atom. The normalized spacial score (nSPS) is 20.4. The highest BCUT2D eigenvalue weighted by atomic mass is 35.5. The van der Waals surface area contributed by atoms with E-state index in [1.165, 1.54) is 38.5 Å². The Morgan fingerprint density at radius 2 is 1.80 bits per heavy atom. The molecule has 3 heteroatoms. The molecule has 0 heterocycles. The van der Waals surface area contributed by atoms with Crippen LogP contribution in [0.15, 0.2) is 24.3 Å². The van der Waals surface area contributed by atoms with E-state index in [-0.39, 0.29) is 12.0 Å². The number of halogens is 1. The molecular weight excluding hydrogens is 270 g/mol. The van der Waals surface area contributed by atoms with Crippen molar-refractivity contribution < 1.29 is 5.11 Å². The van der Waals surface area contributed by atoms with Crippen LogP contribution in [0.3, 0.4) is 0 Å². The van der Waals surface area contributed by atoms with Gasteiger partial charge < -0.3 is 10.8 Å². The van der Waals surface area contributed by atoms with Crippen molar-refractivity contribution >= 4 is 11.6 Å². The maximum absolute atomic E-state index is 10.6. The van der Waals surface area contributed by atoms with E-state index in [0.29, 0.717) is 17.5 Å². The predicted molar refractivity (Wildman–Crippen MR) is 85.1 cm³/mol. The van der Waals surface area contributed by atoms with Crippen LogP contribution in [-0.2, 0) is 0 Å². The fourth-order valence-corrected chi connectivity index (χ4v) is 3.65. The van der Waals surface area contributed by atoms with Crippen molar-refractivity contribution in [1.82, 2.24) is 0 Å². The van der Waals surface area contributed by atoms with Crippen molar-refractivity contribution in [1.29, 1.82) is 0 Å². The van der Waals surface area contributed by atoms with Gasteiger partial charge in [0.1, 0.15) is 0 Å². The summed E-state index contributed by atoms with van der Waals surface area (Å²) in [6, 6.07) is 7.73. The molecule has 3 N–H and O–H groups in total. The van der Waals surface area contributed by atoms with Crippen molar-refractivity contribution in [2.45, 2.75) is 57.0 Å². The SMILES string of the molecule is NCC(c1ccccc1Cl)C(O)CC1CCCCCC1. The average molecular weight is 296 g/mol. The minimum absolute atomic E-state index is 0.0491. The lowest BCUT2D eigenvalue weighted by atomic mass is 9.85. The van der Waals surface area contributed by atoms with Gasteiger partial charge in [0, 0.05) is 17.5 Å². The van der Waals surface area contributed by atoms with Gasteiger partial charge in [0.15, 0.2) is 0 Å². The van der Waals surface area contributed by atoms with Gasteiger partial charge in [-0.1, -0.05) is 68.3 Å². The lowest BCUT2D eigenvalue weighted by Gasteiger charge is -2.26. The van der Waals surface area contributed by atoms with Gasteiger partial charge in [0.2, 0.25) is 0 Å². The number of rotatable bonds is 5. The van der Waals surface area contributed by atoms with Gasteiger partial charge in [-0.05, 0) is 24.0 Å². The van der Waals surface area contributed by atoms with E-state index in [0.717, 1.165) is 12.0 Å². The van der Waals surface area contributed by atoms with Crippen molar-refractivity contribution in [2.24, 2.45) is 11.7 Å². The number of aliphatic hydroxyl groups is 1. The summed E-state index contributed by atoms with van der Waals surface area (Å²) in [5, 5.41) is 11.3. The van der Waals surface area contributed by atoms with E-state index in [9.17, 15) is 5.11 Å². The molecule has 2 rings (SSSR count). The molecular formula is C17H26ClNO. The monoisotopic (exact) mass is 295 g/mol. The van der Waals surface area contributed by atoms with E-state index >= 15 is 0 Å². The fourth-order valence-electron chi connectivity index (χ4n) is 3.37. The molecule has 0 spiro atoms. The van der Waals surface area contributed by atoms with Crippen molar-refractivity contribution in [3.8, 4) is 0 Å². The van der Waals surface area contributed by atoms with Crippen molar-refractivity contribution in [2.75, 3.05) is 6.54 Å². The lowest BCUT2D eigenvalue weighted by molar-refractivity contribution is 0.112. The van der Waals surface area contributed by atoms with Crippen LogP contribution in [0, 0.1) is 5.92 Å². The molecule has 2 atom stereocenters. The molecule has 0 aliphatic heterocycles. The first-order chi connectivity index (χ1) is 9.72. The van der Waals surface area contributed by atoms with E-state index in [2.05, 4.69) is 0 Å². The number of nitrogens with two attached hydrogens (primary N) is 1. The summed E-state index contributed by atoms with van der Waals surface area (Å²) in [7, 11) is 0. The number of hydrogen-bond donors (Lipinski definition) is 2. The minimum atomic E-state index is -0.386. The predicted octanol–water partition coefficient (Wildman–Crippen LogP) is 4.10. The van der Waals surface area contributed by atoms with Crippen LogP contribution >= 0.6 is 11.6 Å². The van der Waals surface area contributed by atoms with Gasteiger partial charge in [0.25, 0.3) is 0 Å². The third kappa shape index (κ3) is 4.21. The first-order valence-corrected chi connectivity index (χ1v) is 8.22. The molecule has 1 aliphatic carbocycles. The van der Waals surface area contributed by atoms with Crippen LogP contribution in [0.2, 0.25) is 5.02 Å². The summed E-state index contributed by atoms with van der Waals surface area (Å²) in [6.45, 7) is 0.442. The quantitative estimate of drug-likeness (QED) is 0.803. The first-order valence-electron chi connectivity index (χ1n) is 7.85. The van der Waals surface area contributed by atoms with Crippen molar-refractivity contribution in [3.63, 3.8) is 0 Å². The maximum atomic E-state index is 10.6. The first kappa shape index (κ1) is 15.8. The Labute approximate surface area is 127 Å². The third-order valence-corrected chi connectivity index (χ3v) is 4.92. The summed E-state index contributed by atoms with van der Waals surface area (Å²) in [4.78, 5) is 0. The highest BCUT2D eigenvalue weighted by molar-refractivity contribution is 6.31. The van der Waals surface area contributed by atoms with Crippen molar-refractivity contribution in [3.05, 3.63) is 34.9 Å². The van der Waals surface area contributed by atoms with E-state index in [1.54, 1.807) is 0 Å². The topological polar surface area (TPSA) is 46.2 Å². The molecule has 2 nitrogen and oxygen atoms in total. The molecule has 1 aromatic carbocycles. The Balaban J connectivity index is 2.01. The highest BCUT2D eigenvalue weighted by Gasteiger charge is 2.25. The Kier molecular flexibility index (Phi) is 6.34. The maximum Gasteiger partial charge on any atom is 0.0624 e. The lowest BCUT2D eigenvalue weighted by Crippen LogP contribution is -2.28. The molecule has 0 bridgehead atoms. The van der Waals surface area contributed by atoms with Gasteiger partial charge in [-0.25, -0.2) is 0 Å². The molecule has 1 aliphatic rings. The second kappa shape index (κ2) is 8.02. The van der Waals surface area contributed by atoms with Gasteiger partial charge >= 0.3 is 0 Å². The third-order valence-electron chi connectivity index (χ3n) is 4.57. The zero-order valence-electron chi connectivity index (χ0n) is 12.1. The van der Waals surface area contributed by atoms with Crippen LogP contribution in [-0.4, -0.2) is 17.8 Å². The molecule has 20 heavy (non-hydrogen) atoms. The summed E-state index contributed by atoms with van der Waals surface area (Å²) in [5.41, 5.74) is 6.88. The summed E-state index contributed by atoms with van der Waals surface area (Å²) in [5.74, 6) is 0.594. The van der Waals surface area contributed by atoms with Gasteiger partial charge in [-0.3, -0.25) is 0 Å². The van der Waals surface area contributed by atoms with Crippen LogP contribution in [0.5, 0.6) is 0 Å².